The SMILES string of the molecule is CCNC(CCCc1ccccc1)Cc1ncccc1C. The van der Waals surface area contributed by atoms with Gasteiger partial charge in [-0.2, -0.15) is 0 Å². The number of hydrogen-bond donors (Lipinski definition) is 1. The molecule has 2 nitrogen and oxygen atoms in total. The molecule has 0 bridgehead atoms. The van der Waals surface area contributed by atoms with E-state index in [0.717, 1.165) is 19.4 Å². The van der Waals surface area contributed by atoms with E-state index in [0.29, 0.717) is 6.04 Å². The molecule has 2 aromatic rings. The summed E-state index contributed by atoms with van der Waals surface area (Å²) in [4.78, 5) is 4.53. The lowest BCUT2D eigenvalue weighted by Gasteiger charge is -2.18. The molecule has 0 saturated heterocycles. The Hall–Kier alpha value is -1.67. The summed E-state index contributed by atoms with van der Waals surface area (Å²) in [6.07, 6.45) is 6.49. The van der Waals surface area contributed by atoms with Crippen molar-refractivity contribution in [3.8, 4) is 0 Å². The number of aryl methyl sites for hydroxylation is 2. The van der Waals surface area contributed by atoms with Gasteiger partial charge in [0.05, 0.1) is 0 Å². The summed E-state index contributed by atoms with van der Waals surface area (Å²) in [6.45, 7) is 5.34. The highest BCUT2D eigenvalue weighted by Gasteiger charge is 2.10. The Morgan fingerprint density at radius 3 is 2.62 bits per heavy atom. The third kappa shape index (κ3) is 5.31. The summed E-state index contributed by atoms with van der Waals surface area (Å²) in [5, 5.41) is 3.60. The van der Waals surface area contributed by atoms with Crippen LogP contribution in [0.4, 0.5) is 0 Å². The van der Waals surface area contributed by atoms with Crippen LogP contribution in [0.2, 0.25) is 0 Å². The van der Waals surface area contributed by atoms with Crippen LogP contribution in [0.5, 0.6) is 0 Å². The van der Waals surface area contributed by atoms with Gasteiger partial charge in [-0.05, 0) is 49.9 Å². The Morgan fingerprint density at radius 2 is 1.90 bits per heavy atom. The van der Waals surface area contributed by atoms with Crippen molar-refractivity contribution in [2.45, 2.75) is 45.6 Å². The maximum absolute atomic E-state index is 4.53. The van der Waals surface area contributed by atoms with Crippen molar-refractivity contribution in [1.29, 1.82) is 0 Å². The van der Waals surface area contributed by atoms with E-state index in [1.165, 1.54) is 29.7 Å². The van der Waals surface area contributed by atoms with Gasteiger partial charge in [-0.15, -0.1) is 0 Å². The predicted octanol–water partition coefficient (Wildman–Crippen LogP) is 3.93. The normalized spacial score (nSPS) is 12.3. The van der Waals surface area contributed by atoms with Gasteiger partial charge in [0.2, 0.25) is 0 Å². The molecule has 112 valence electrons. The van der Waals surface area contributed by atoms with Crippen LogP contribution in [-0.2, 0) is 12.8 Å². The van der Waals surface area contributed by atoms with Gasteiger partial charge in [0.1, 0.15) is 0 Å². The second-order valence-electron chi connectivity index (χ2n) is 5.60. The first-order chi connectivity index (χ1) is 10.3. The van der Waals surface area contributed by atoms with Crippen molar-refractivity contribution >= 4 is 0 Å². The fraction of sp³-hybridized carbons (Fsp3) is 0.421. The summed E-state index contributed by atoms with van der Waals surface area (Å²) < 4.78 is 0. The van der Waals surface area contributed by atoms with Crippen molar-refractivity contribution in [1.82, 2.24) is 10.3 Å². The summed E-state index contributed by atoms with van der Waals surface area (Å²) >= 11 is 0. The minimum absolute atomic E-state index is 0.521. The molecule has 1 N–H and O–H groups in total. The minimum Gasteiger partial charge on any atom is -0.314 e. The average molecular weight is 282 g/mol. The molecule has 0 saturated carbocycles. The highest BCUT2D eigenvalue weighted by molar-refractivity contribution is 5.18. The van der Waals surface area contributed by atoms with Crippen molar-refractivity contribution < 1.29 is 0 Å². The number of likely N-dealkylation sites (N-methyl/N-ethyl adjacent to an activating group) is 1. The number of nitrogens with one attached hydrogen (secondary N) is 1. The van der Waals surface area contributed by atoms with Crippen LogP contribution in [0.15, 0.2) is 48.7 Å². The topological polar surface area (TPSA) is 24.9 Å². The molecule has 1 unspecified atom stereocenters. The van der Waals surface area contributed by atoms with Gasteiger partial charge in [-0.1, -0.05) is 43.3 Å². The smallest absolute Gasteiger partial charge is 0.0448 e. The van der Waals surface area contributed by atoms with E-state index in [2.05, 4.69) is 60.5 Å². The van der Waals surface area contributed by atoms with Gasteiger partial charge in [-0.3, -0.25) is 4.98 Å². The number of pyridine rings is 1. The lowest BCUT2D eigenvalue weighted by Crippen LogP contribution is -2.31. The zero-order chi connectivity index (χ0) is 14.9. The molecule has 1 aromatic carbocycles. The van der Waals surface area contributed by atoms with Crippen molar-refractivity contribution in [3.05, 3.63) is 65.5 Å². The first kappa shape index (κ1) is 15.7. The zero-order valence-electron chi connectivity index (χ0n) is 13.2. The van der Waals surface area contributed by atoms with E-state index < -0.39 is 0 Å². The largest absolute Gasteiger partial charge is 0.314 e. The highest BCUT2D eigenvalue weighted by atomic mass is 14.9. The number of benzene rings is 1. The molecular weight excluding hydrogens is 256 g/mol. The van der Waals surface area contributed by atoms with Crippen molar-refractivity contribution in [2.75, 3.05) is 6.54 Å². The summed E-state index contributed by atoms with van der Waals surface area (Å²) in [6, 6.07) is 15.4. The maximum Gasteiger partial charge on any atom is 0.0448 e. The Kier molecular flexibility index (Phi) is 6.42. The number of aromatic nitrogens is 1. The second kappa shape index (κ2) is 8.58. The summed E-state index contributed by atoms with van der Waals surface area (Å²) in [5.41, 5.74) is 3.95. The molecule has 0 aliphatic rings. The Bertz CT molecular complexity index is 522. The van der Waals surface area contributed by atoms with Gasteiger partial charge in [0.15, 0.2) is 0 Å². The van der Waals surface area contributed by atoms with Gasteiger partial charge in [0.25, 0.3) is 0 Å². The number of nitrogens with zero attached hydrogens (tertiary/aromatic N) is 1. The molecule has 1 atom stereocenters. The summed E-state index contributed by atoms with van der Waals surface area (Å²) in [5.74, 6) is 0. The van der Waals surface area contributed by atoms with Gasteiger partial charge < -0.3 is 5.32 Å². The monoisotopic (exact) mass is 282 g/mol. The Morgan fingerprint density at radius 1 is 1.10 bits per heavy atom. The van der Waals surface area contributed by atoms with Crippen molar-refractivity contribution in [3.63, 3.8) is 0 Å². The third-order valence-electron chi connectivity index (χ3n) is 3.91. The van der Waals surface area contributed by atoms with Gasteiger partial charge in [-0.25, -0.2) is 0 Å². The average Bonchev–Trinajstić information content (AvgIpc) is 2.51. The predicted molar refractivity (Wildman–Crippen MR) is 89.5 cm³/mol. The van der Waals surface area contributed by atoms with Crippen LogP contribution in [-0.4, -0.2) is 17.6 Å². The van der Waals surface area contributed by atoms with Crippen molar-refractivity contribution in [2.24, 2.45) is 0 Å². The molecule has 0 fully saturated rings. The first-order valence-corrected chi connectivity index (χ1v) is 7.97. The summed E-state index contributed by atoms with van der Waals surface area (Å²) in [7, 11) is 0. The lowest BCUT2D eigenvalue weighted by molar-refractivity contribution is 0.472. The van der Waals surface area contributed by atoms with E-state index in [1.54, 1.807) is 0 Å². The quantitative estimate of drug-likeness (QED) is 0.793. The number of hydrogen-bond acceptors (Lipinski definition) is 2. The fourth-order valence-electron chi connectivity index (χ4n) is 2.73. The van der Waals surface area contributed by atoms with Crippen LogP contribution >= 0.6 is 0 Å². The highest BCUT2D eigenvalue weighted by Crippen LogP contribution is 2.12. The molecule has 2 rings (SSSR count). The molecule has 1 aromatic heterocycles. The first-order valence-electron chi connectivity index (χ1n) is 7.97. The maximum atomic E-state index is 4.53. The number of rotatable bonds is 8. The Balaban J connectivity index is 1.86. The molecular formula is C19H26N2. The molecule has 1 heterocycles. The standard InChI is InChI=1S/C19H26N2/c1-3-20-18(15-19-16(2)9-8-14-21-19)13-7-12-17-10-5-4-6-11-17/h4-6,8-11,14,18,20H,3,7,12-13,15H2,1-2H3. The van der Waals surface area contributed by atoms with Crippen LogP contribution in [0.25, 0.3) is 0 Å². The molecule has 0 aliphatic carbocycles. The van der Waals surface area contributed by atoms with E-state index in [-0.39, 0.29) is 0 Å². The minimum atomic E-state index is 0.521. The zero-order valence-corrected chi connectivity index (χ0v) is 13.2. The molecule has 0 radical (unpaired) electrons. The molecule has 2 heteroatoms. The molecule has 21 heavy (non-hydrogen) atoms. The Labute approximate surface area is 128 Å². The third-order valence-corrected chi connectivity index (χ3v) is 3.91. The van der Waals surface area contributed by atoms with Crippen LogP contribution in [0.1, 0.15) is 36.6 Å². The fourth-order valence-corrected chi connectivity index (χ4v) is 2.73. The molecule has 0 spiro atoms. The van der Waals surface area contributed by atoms with E-state index in [4.69, 9.17) is 0 Å². The second-order valence-corrected chi connectivity index (χ2v) is 5.60. The van der Waals surface area contributed by atoms with E-state index in [1.807, 2.05) is 12.3 Å². The van der Waals surface area contributed by atoms with E-state index >= 15 is 0 Å². The lowest BCUT2D eigenvalue weighted by atomic mass is 10.00. The van der Waals surface area contributed by atoms with Gasteiger partial charge in [0, 0.05) is 24.4 Å². The van der Waals surface area contributed by atoms with E-state index in [9.17, 15) is 0 Å². The van der Waals surface area contributed by atoms with Gasteiger partial charge >= 0.3 is 0 Å². The van der Waals surface area contributed by atoms with Crippen LogP contribution in [0.3, 0.4) is 0 Å². The molecule has 0 amide bonds. The van der Waals surface area contributed by atoms with Crippen LogP contribution in [0, 0.1) is 6.92 Å². The molecule has 0 aliphatic heterocycles. The van der Waals surface area contributed by atoms with Crippen LogP contribution < -0.4 is 5.32 Å².